The van der Waals surface area contributed by atoms with E-state index in [1.807, 2.05) is 56.4 Å². The van der Waals surface area contributed by atoms with Gasteiger partial charge < -0.3 is 10.5 Å². The summed E-state index contributed by atoms with van der Waals surface area (Å²) in [4.78, 5) is 13.6. The Balaban J connectivity index is 0.000000190. The molecule has 0 radical (unpaired) electrons. The van der Waals surface area contributed by atoms with Gasteiger partial charge >= 0.3 is 0 Å². The molecule has 6 heteroatoms. The van der Waals surface area contributed by atoms with Crippen LogP contribution in [0.4, 0.5) is 5.69 Å². The van der Waals surface area contributed by atoms with Crippen molar-refractivity contribution < 1.29 is 4.74 Å². The highest BCUT2D eigenvalue weighted by Crippen LogP contribution is 2.25. The highest BCUT2D eigenvalue weighted by molar-refractivity contribution is 7.15. The zero-order valence-corrected chi connectivity index (χ0v) is 15.9. The number of pyridine rings is 1. The van der Waals surface area contributed by atoms with Gasteiger partial charge in [0.1, 0.15) is 0 Å². The fraction of sp³-hybridized carbons (Fsp3) is 0.150. The summed E-state index contributed by atoms with van der Waals surface area (Å²) >= 11 is 1.66. The number of aromatic nitrogens is 2. The Bertz CT molecular complexity index is 852. The van der Waals surface area contributed by atoms with E-state index in [0.717, 1.165) is 21.1 Å². The van der Waals surface area contributed by atoms with Crippen molar-refractivity contribution in [3.05, 3.63) is 71.6 Å². The van der Waals surface area contributed by atoms with Crippen LogP contribution in [-0.2, 0) is 0 Å². The van der Waals surface area contributed by atoms with Crippen LogP contribution in [0.25, 0.3) is 10.4 Å². The lowest BCUT2D eigenvalue weighted by atomic mass is 10.2. The normalized spacial score (nSPS) is 10.7. The Labute approximate surface area is 157 Å². The van der Waals surface area contributed by atoms with E-state index in [1.165, 1.54) is 11.8 Å². The fourth-order valence-electron chi connectivity index (χ4n) is 1.95. The minimum absolute atomic E-state index is 0.634. The van der Waals surface area contributed by atoms with Gasteiger partial charge in [0.2, 0.25) is 5.88 Å². The summed E-state index contributed by atoms with van der Waals surface area (Å²) in [6.07, 6.45) is 8.48. The molecule has 0 amide bonds. The van der Waals surface area contributed by atoms with Crippen molar-refractivity contribution in [3.8, 4) is 16.3 Å². The molecular formula is C20H22N4OS. The first kappa shape index (κ1) is 19.3. The molecule has 0 spiro atoms. The number of nitrogens with zero attached hydrogens (tertiary/aromatic N) is 3. The van der Waals surface area contributed by atoms with Crippen LogP contribution in [0.15, 0.2) is 66.1 Å². The van der Waals surface area contributed by atoms with Gasteiger partial charge in [0.05, 0.1) is 22.7 Å². The average molecular weight is 366 g/mol. The quantitative estimate of drug-likeness (QED) is 0.680. The van der Waals surface area contributed by atoms with E-state index in [1.54, 1.807) is 36.9 Å². The second kappa shape index (κ2) is 10.1. The number of thiazole rings is 1. The first-order valence-electron chi connectivity index (χ1n) is 8.03. The number of benzene rings is 1. The lowest BCUT2D eigenvalue weighted by Gasteiger charge is -1.98. The molecule has 2 N–H and O–H groups in total. The molecule has 5 nitrogen and oxygen atoms in total. The summed E-state index contributed by atoms with van der Waals surface area (Å²) in [5.41, 5.74) is 8.41. The minimum Gasteiger partial charge on any atom is -0.481 e. The van der Waals surface area contributed by atoms with Gasteiger partial charge in [0.15, 0.2) is 0 Å². The van der Waals surface area contributed by atoms with Crippen molar-refractivity contribution in [2.45, 2.75) is 13.8 Å². The molecule has 0 aliphatic heterocycles. The molecule has 3 aromatic rings. The van der Waals surface area contributed by atoms with E-state index < -0.39 is 0 Å². The van der Waals surface area contributed by atoms with Gasteiger partial charge in [-0.2, -0.15) is 0 Å². The maximum absolute atomic E-state index is 5.14. The molecule has 2 heterocycles. The predicted molar refractivity (Wildman–Crippen MR) is 109 cm³/mol. The van der Waals surface area contributed by atoms with Crippen molar-refractivity contribution in [1.29, 1.82) is 0 Å². The average Bonchev–Trinajstić information content (AvgIpc) is 3.11. The molecule has 134 valence electrons. The second-order valence-corrected chi connectivity index (χ2v) is 6.57. The maximum atomic E-state index is 5.14. The molecule has 26 heavy (non-hydrogen) atoms. The number of hydrogen-bond acceptors (Lipinski definition) is 6. The number of aryl methyl sites for hydroxylation is 2. The Hall–Kier alpha value is -2.99. The lowest BCUT2D eigenvalue weighted by molar-refractivity contribution is 0.398. The van der Waals surface area contributed by atoms with E-state index in [4.69, 9.17) is 10.5 Å². The Morgan fingerprint density at radius 2 is 1.81 bits per heavy atom. The Kier molecular flexibility index (Phi) is 7.51. The van der Waals surface area contributed by atoms with E-state index in [-0.39, 0.29) is 0 Å². The van der Waals surface area contributed by atoms with Crippen molar-refractivity contribution in [2.75, 3.05) is 7.11 Å². The van der Waals surface area contributed by atoms with Gasteiger partial charge in [0, 0.05) is 30.2 Å². The van der Waals surface area contributed by atoms with E-state index in [9.17, 15) is 0 Å². The SMILES string of the molecule is COc1ccc(-c2cnc(C)s2)cn1.Cc1ccc(N=C/C=C\N)cc1. The molecule has 0 fully saturated rings. The van der Waals surface area contributed by atoms with Crippen LogP contribution >= 0.6 is 11.3 Å². The van der Waals surface area contributed by atoms with Crippen LogP contribution in [0.5, 0.6) is 5.88 Å². The number of nitrogens with two attached hydrogens (primary N) is 1. The van der Waals surface area contributed by atoms with E-state index in [0.29, 0.717) is 5.88 Å². The largest absolute Gasteiger partial charge is 0.481 e. The molecule has 0 unspecified atom stereocenters. The number of allylic oxidation sites excluding steroid dienone is 1. The summed E-state index contributed by atoms with van der Waals surface area (Å²) in [5.74, 6) is 0.634. The smallest absolute Gasteiger partial charge is 0.212 e. The predicted octanol–water partition coefficient (Wildman–Crippen LogP) is 4.69. The van der Waals surface area contributed by atoms with Gasteiger partial charge in [-0.05, 0) is 44.3 Å². The topological polar surface area (TPSA) is 73.4 Å². The van der Waals surface area contributed by atoms with Crippen molar-refractivity contribution in [1.82, 2.24) is 9.97 Å². The van der Waals surface area contributed by atoms with E-state index in [2.05, 4.69) is 15.0 Å². The highest BCUT2D eigenvalue weighted by atomic mass is 32.1. The molecule has 0 saturated carbocycles. The van der Waals surface area contributed by atoms with Crippen LogP contribution in [0.1, 0.15) is 10.6 Å². The number of hydrogen-bond donors (Lipinski definition) is 1. The third kappa shape index (κ3) is 6.14. The summed E-state index contributed by atoms with van der Waals surface area (Å²) in [7, 11) is 1.61. The standard InChI is InChI=1S/C10H10N2OS.C10H12N2/c1-7-11-6-9(14-7)8-3-4-10(13-2)12-5-8;1-9-3-5-10(6-4-9)12-8-2-7-11/h3-6H,1-2H3;2-8H,11H2,1H3/b;7-2-,12-8?. The molecule has 0 bridgehead atoms. The number of aliphatic imine (C=N–C) groups is 1. The second-order valence-electron chi connectivity index (χ2n) is 5.33. The monoisotopic (exact) mass is 366 g/mol. The fourth-order valence-corrected chi connectivity index (χ4v) is 2.72. The molecule has 0 atom stereocenters. The number of methoxy groups -OCH3 is 1. The lowest BCUT2D eigenvalue weighted by Crippen LogP contribution is -1.85. The molecule has 3 rings (SSSR count). The minimum atomic E-state index is 0.634. The summed E-state index contributed by atoms with van der Waals surface area (Å²) in [6.45, 7) is 4.04. The van der Waals surface area contributed by atoms with Crippen LogP contribution in [0.2, 0.25) is 0 Å². The molecule has 1 aromatic carbocycles. The zero-order valence-electron chi connectivity index (χ0n) is 15.1. The zero-order chi connectivity index (χ0) is 18.8. The van der Waals surface area contributed by atoms with Gasteiger partial charge in [-0.1, -0.05) is 17.7 Å². The molecule has 2 aromatic heterocycles. The molecule has 0 aliphatic rings. The van der Waals surface area contributed by atoms with Crippen molar-refractivity contribution in [2.24, 2.45) is 10.7 Å². The molecule has 0 saturated heterocycles. The number of ether oxygens (including phenoxy) is 1. The van der Waals surface area contributed by atoms with Crippen LogP contribution in [0.3, 0.4) is 0 Å². The van der Waals surface area contributed by atoms with Gasteiger partial charge in [-0.25, -0.2) is 9.97 Å². The summed E-state index contributed by atoms with van der Waals surface area (Å²) in [5, 5.41) is 1.07. The van der Waals surface area contributed by atoms with Crippen LogP contribution in [-0.4, -0.2) is 23.3 Å². The van der Waals surface area contributed by atoms with Gasteiger partial charge in [-0.15, -0.1) is 11.3 Å². The summed E-state index contributed by atoms with van der Waals surface area (Å²) in [6, 6.07) is 11.8. The highest BCUT2D eigenvalue weighted by Gasteiger charge is 2.02. The van der Waals surface area contributed by atoms with Gasteiger partial charge in [0.25, 0.3) is 0 Å². The first-order valence-corrected chi connectivity index (χ1v) is 8.84. The van der Waals surface area contributed by atoms with Crippen molar-refractivity contribution >= 4 is 23.2 Å². The van der Waals surface area contributed by atoms with E-state index >= 15 is 0 Å². The Morgan fingerprint density at radius 3 is 2.35 bits per heavy atom. The third-order valence-corrected chi connectivity index (χ3v) is 4.27. The molecular weight excluding hydrogens is 344 g/mol. The van der Waals surface area contributed by atoms with Crippen molar-refractivity contribution in [3.63, 3.8) is 0 Å². The Morgan fingerprint density at radius 1 is 1.04 bits per heavy atom. The maximum Gasteiger partial charge on any atom is 0.212 e. The molecule has 0 aliphatic carbocycles. The number of rotatable bonds is 4. The van der Waals surface area contributed by atoms with Crippen LogP contribution < -0.4 is 10.5 Å². The first-order chi connectivity index (χ1) is 12.6. The summed E-state index contributed by atoms with van der Waals surface area (Å²) < 4.78 is 4.99. The third-order valence-electron chi connectivity index (χ3n) is 3.31. The van der Waals surface area contributed by atoms with Crippen LogP contribution in [0, 0.1) is 13.8 Å². The van der Waals surface area contributed by atoms with Gasteiger partial charge in [-0.3, -0.25) is 4.99 Å².